The van der Waals surface area contributed by atoms with E-state index in [9.17, 15) is 19.2 Å². The summed E-state index contributed by atoms with van der Waals surface area (Å²) < 4.78 is 7.75. The minimum atomic E-state index is -1.29. The average molecular weight is 651 g/mol. The molecule has 1 aliphatic heterocycles. The number of carboxylic acids is 2. The van der Waals surface area contributed by atoms with Gasteiger partial charge in [0.2, 0.25) is 5.91 Å². The summed E-state index contributed by atoms with van der Waals surface area (Å²) in [5, 5.41) is 22.9. The Morgan fingerprint density at radius 2 is 1.73 bits per heavy atom. The molecule has 48 heavy (non-hydrogen) atoms. The van der Waals surface area contributed by atoms with Crippen LogP contribution in [0.5, 0.6) is 5.75 Å². The van der Waals surface area contributed by atoms with E-state index < -0.39 is 30.9 Å². The molecular formula is C37H38N4O7. The van der Waals surface area contributed by atoms with Crippen molar-refractivity contribution >= 4 is 29.4 Å². The van der Waals surface area contributed by atoms with Crippen LogP contribution in [0.15, 0.2) is 73.1 Å². The molecule has 1 fully saturated rings. The second-order valence-corrected chi connectivity index (χ2v) is 12.6. The fourth-order valence-corrected chi connectivity index (χ4v) is 6.51. The van der Waals surface area contributed by atoms with Gasteiger partial charge >= 0.3 is 11.9 Å². The van der Waals surface area contributed by atoms with Crippen LogP contribution in [0.3, 0.4) is 0 Å². The first-order valence-electron chi connectivity index (χ1n) is 16.1. The van der Waals surface area contributed by atoms with Crippen molar-refractivity contribution in [2.75, 3.05) is 31.1 Å². The van der Waals surface area contributed by atoms with Gasteiger partial charge in [-0.05, 0) is 90.6 Å². The highest BCUT2D eigenvalue weighted by Gasteiger charge is 2.47. The topological polar surface area (TPSA) is 142 Å². The smallest absolute Gasteiger partial charge is 0.323 e. The average Bonchev–Trinajstić information content (AvgIpc) is 3.71. The minimum Gasteiger partial charge on any atom is -0.493 e. The molecule has 0 saturated heterocycles. The Hall–Kier alpha value is -5.45. The molecule has 2 aliphatic rings. The van der Waals surface area contributed by atoms with E-state index in [0.29, 0.717) is 37.8 Å². The van der Waals surface area contributed by atoms with Crippen LogP contribution in [0.25, 0.3) is 11.1 Å². The third-order valence-corrected chi connectivity index (χ3v) is 9.14. The van der Waals surface area contributed by atoms with Gasteiger partial charge in [0.25, 0.3) is 5.91 Å². The monoisotopic (exact) mass is 650 g/mol. The van der Waals surface area contributed by atoms with Gasteiger partial charge in [-0.3, -0.25) is 23.9 Å². The summed E-state index contributed by atoms with van der Waals surface area (Å²) in [5.41, 5.74) is 7.34. The van der Waals surface area contributed by atoms with E-state index in [2.05, 4.69) is 24.2 Å². The van der Waals surface area contributed by atoms with Crippen LogP contribution in [0, 0.1) is 19.8 Å². The first-order valence-corrected chi connectivity index (χ1v) is 16.1. The molecule has 2 N–H and O–H groups in total. The molecule has 1 saturated carbocycles. The van der Waals surface area contributed by atoms with Gasteiger partial charge in [-0.2, -0.15) is 5.10 Å². The largest absolute Gasteiger partial charge is 0.493 e. The van der Waals surface area contributed by atoms with Crippen LogP contribution in [0.1, 0.15) is 57.8 Å². The van der Waals surface area contributed by atoms with Gasteiger partial charge < -0.3 is 24.7 Å². The van der Waals surface area contributed by atoms with Crippen LogP contribution in [-0.4, -0.2) is 74.9 Å². The van der Waals surface area contributed by atoms with E-state index in [1.54, 1.807) is 23.0 Å². The molecule has 1 aromatic heterocycles. The SMILES string of the molecule is Cc1cccc(OCCCC(=O)N2C[C@@H]3C[C@@H]3c3c(-c4cnn(Cc5cccc(C(=O)N(CC(=O)O)CC(=O)O)c5)c4)cccc32)c1C. The number of amides is 2. The number of hydrogen-bond acceptors (Lipinski definition) is 6. The maximum atomic E-state index is 13.5. The number of carboxylic acid groups (broad SMARTS) is 2. The summed E-state index contributed by atoms with van der Waals surface area (Å²) >= 11 is 0. The maximum Gasteiger partial charge on any atom is 0.323 e. The number of anilines is 1. The molecule has 0 radical (unpaired) electrons. The van der Waals surface area contributed by atoms with Crippen LogP contribution in [0.2, 0.25) is 0 Å². The quantitative estimate of drug-likeness (QED) is 0.190. The van der Waals surface area contributed by atoms with E-state index in [0.717, 1.165) is 51.6 Å². The second-order valence-electron chi connectivity index (χ2n) is 12.6. The summed E-state index contributed by atoms with van der Waals surface area (Å²) in [5.74, 6) is -1.47. The Morgan fingerprint density at radius 1 is 0.979 bits per heavy atom. The number of rotatable bonds is 13. The normalized spacial score (nSPS) is 16.1. The number of aryl methyl sites for hydroxylation is 1. The highest BCUT2D eigenvalue weighted by Crippen LogP contribution is 2.57. The number of aromatic nitrogens is 2. The van der Waals surface area contributed by atoms with Crippen molar-refractivity contribution in [1.82, 2.24) is 14.7 Å². The Labute approximate surface area is 278 Å². The number of aliphatic carboxylic acids is 2. The lowest BCUT2D eigenvalue weighted by Crippen LogP contribution is -2.39. The highest BCUT2D eigenvalue weighted by atomic mass is 16.5. The van der Waals surface area contributed by atoms with E-state index in [4.69, 9.17) is 14.9 Å². The van der Waals surface area contributed by atoms with Crippen molar-refractivity contribution in [3.05, 3.63) is 101 Å². The molecule has 248 valence electrons. The molecule has 0 spiro atoms. The van der Waals surface area contributed by atoms with Crippen molar-refractivity contribution in [3.8, 4) is 16.9 Å². The van der Waals surface area contributed by atoms with Crippen LogP contribution in [-0.2, 0) is 20.9 Å². The van der Waals surface area contributed by atoms with Crippen LogP contribution in [0.4, 0.5) is 5.69 Å². The number of ether oxygens (including phenoxy) is 1. The van der Waals surface area contributed by atoms with Gasteiger partial charge in [0.05, 0.1) is 19.3 Å². The Morgan fingerprint density at radius 3 is 2.50 bits per heavy atom. The van der Waals surface area contributed by atoms with E-state index >= 15 is 0 Å². The summed E-state index contributed by atoms with van der Waals surface area (Å²) in [6, 6.07) is 18.7. The molecule has 11 nitrogen and oxygen atoms in total. The van der Waals surface area contributed by atoms with Crippen molar-refractivity contribution in [3.63, 3.8) is 0 Å². The predicted octanol–water partition coefficient (Wildman–Crippen LogP) is 5.14. The summed E-state index contributed by atoms with van der Waals surface area (Å²) in [6.45, 7) is 4.21. The molecule has 1 aliphatic carbocycles. The van der Waals surface area contributed by atoms with Crippen LogP contribution < -0.4 is 9.64 Å². The number of fused-ring (bicyclic) bond motifs is 3. The number of nitrogens with zero attached hydrogens (tertiary/aromatic N) is 4. The molecule has 6 rings (SSSR count). The molecule has 2 atom stereocenters. The number of carbonyl (C=O) groups is 4. The van der Waals surface area contributed by atoms with Crippen molar-refractivity contribution in [2.45, 2.75) is 45.6 Å². The van der Waals surface area contributed by atoms with Gasteiger partial charge in [-0.25, -0.2) is 0 Å². The van der Waals surface area contributed by atoms with Gasteiger partial charge in [0.15, 0.2) is 0 Å². The zero-order chi connectivity index (χ0) is 33.9. The molecule has 2 amide bonds. The Bertz CT molecular complexity index is 1870. The van der Waals surface area contributed by atoms with Gasteiger partial charge in [0.1, 0.15) is 18.8 Å². The lowest BCUT2D eigenvalue weighted by atomic mass is 9.92. The molecule has 4 aromatic rings. The van der Waals surface area contributed by atoms with Crippen molar-refractivity contribution in [2.24, 2.45) is 5.92 Å². The third-order valence-electron chi connectivity index (χ3n) is 9.14. The van der Waals surface area contributed by atoms with Gasteiger partial charge in [-0.1, -0.05) is 36.4 Å². The number of carbonyl (C=O) groups excluding carboxylic acids is 2. The zero-order valence-electron chi connectivity index (χ0n) is 27.0. The minimum absolute atomic E-state index is 0.0960. The second kappa shape index (κ2) is 13.7. The van der Waals surface area contributed by atoms with E-state index in [1.807, 2.05) is 48.4 Å². The fraction of sp³-hybridized carbons (Fsp3) is 0.324. The fourth-order valence-electron chi connectivity index (χ4n) is 6.51. The van der Waals surface area contributed by atoms with Gasteiger partial charge in [0, 0.05) is 36.0 Å². The van der Waals surface area contributed by atoms with Crippen molar-refractivity contribution < 1.29 is 34.1 Å². The lowest BCUT2D eigenvalue weighted by molar-refractivity contribution is -0.140. The predicted molar refractivity (Wildman–Crippen MR) is 178 cm³/mol. The molecule has 2 heterocycles. The van der Waals surface area contributed by atoms with Crippen molar-refractivity contribution in [1.29, 1.82) is 0 Å². The molecule has 0 unspecified atom stereocenters. The first kappa shape index (κ1) is 32.5. The molecule has 11 heteroatoms. The Balaban J connectivity index is 1.14. The lowest BCUT2D eigenvalue weighted by Gasteiger charge is -2.30. The number of hydrogen-bond donors (Lipinski definition) is 2. The highest BCUT2D eigenvalue weighted by molar-refractivity contribution is 5.98. The number of benzene rings is 3. The standard InChI is InChI=1S/C37H38N4O7/c1-23-7-3-12-32(24(23)2)48-14-6-13-33(42)41-20-27-16-30(27)36-29(10-5-11-31(36)41)28-17-38-40(19-28)18-25-8-4-9-26(15-25)37(47)39(21-34(43)44)22-35(45)46/h3-5,7-12,15,17,19,27,30H,6,13-14,16,18,20-22H2,1-2H3,(H,43,44)(H,45,46)/t27-,30-/m0/s1. The van der Waals surface area contributed by atoms with E-state index in [1.165, 1.54) is 17.2 Å². The summed E-state index contributed by atoms with van der Waals surface area (Å²) in [6.07, 6.45) is 5.81. The molecule has 3 aromatic carbocycles. The summed E-state index contributed by atoms with van der Waals surface area (Å²) in [7, 11) is 0. The summed E-state index contributed by atoms with van der Waals surface area (Å²) in [4.78, 5) is 51.6. The van der Waals surface area contributed by atoms with Gasteiger partial charge in [-0.15, -0.1) is 0 Å². The zero-order valence-corrected chi connectivity index (χ0v) is 27.0. The van der Waals surface area contributed by atoms with Crippen LogP contribution >= 0.6 is 0 Å². The van der Waals surface area contributed by atoms with E-state index in [-0.39, 0.29) is 11.5 Å². The first-order chi connectivity index (χ1) is 23.1. The molecular weight excluding hydrogens is 612 g/mol. The third kappa shape index (κ3) is 7.10. The molecule has 0 bridgehead atoms. The maximum absolute atomic E-state index is 13.5. The Kier molecular flexibility index (Phi) is 9.29.